The lowest BCUT2D eigenvalue weighted by molar-refractivity contribution is 0.718. The standard InChI is InChI=1S/C16H19N3/c1-17-11-13-6-8-18-16(10-13)19-9-7-14-4-2-3-5-15(14)12-19/h2-6,8,10,17H,7,9,11-12H2,1H3. The first-order chi connectivity index (χ1) is 9.36. The van der Waals surface area contributed by atoms with Crippen molar-refractivity contribution < 1.29 is 0 Å². The molecule has 0 unspecified atom stereocenters. The van der Waals surface area contributed by atoms with Crippen molar-refractivity contribution in [3.8, 4) is 0 Å². The van der Waals surface area contributed by atoms with Gasteiger partial charge in [0.05, 0.1) is 0 Å². The average molecular weight is 253 g/mol. The molecule has 3 nitrogen and oxygen atoms in total. The molecule has 0 amide bonds. The number of nitrogens with one attached hydrogen (secondary N) is 1. The van der Waals surface area contributed by atoms with Gasteiger partial charge in [0, 0.05) is 25.8 Å². The number of rotatable bonds is 3. The topological polar surface area (TPSA) is 28.2 Å². The van der Waals surface area contributed by atoms with E-state index in [0.717, 1.165) is 31.9 Å². The second kappa shape index (κ2) is 5.41. The summed E-state index contributed by atoms with van der Waals surface area (Å²) < 4.78 is 0. The van der Waals surface area contributed by atoms with Crippen LogP contribution in [0.15, 0.2) is 42.6 Å². The maximum Gasteiger partial charge on any atom is 0.129 e. The highest BCUT2D eigenvalue weighted by molar-refractivity contribution is 5.45. The molecule has 19 heavy (non-hydrogen) atoms. The van der Waals surface area contributed by atoms with E-state index in [1.807, 2.05) is 13.2 Å². The van der Waals surface area contributed by atoms with Crippen molar-refractivity contribution in [2.24, 2.45) is 0 Å². The Balaban J connectivity index is 1.82. The van der Waals surface area contributed by atoms with Gasteiger partial charge in [-0.15, -0.1) is 0 Å². The Kier molecular flexibility index (Phi) is 3.47. The van der Waals surface area contributed by atoms with Gasteiger partial charge in [0.25, 0.3) is 0 Å². The van der Waals surface area contributed by atoms with E-state index in [1.165, 1.54) is 16.7 Å². The molecule has 0 atom stereocenters. The molecular formula is C16H19N3. The molecule has 0 saturated carbocycles. The highest BCUT2D eigenvalue weighted by Crippen LogP contribution is 2.23. The minimum absolute atomic E-state index is 0.889. The Hall–Kier alpha value is -1.87. The van der Waals surface area contributed by atoms with Crippen molar-refractivity contribution in [3.63, 3.8) is 0 Å². The van der Waals surface area contributed by atoms with E-state index < -0.39 is 0 Å². The smallest absolute Gasteiger partial charge is 0.129 e. The molecule has 2 heterocycles. The summed E-state index contributed by atoms with van der Waals surface area (Å²) in [5.74, 6) is 1.09. The Bertz CT molecular complexity index is 565. The van der Waals surface area contributed by atoms with Gasteiger partial charge in [-0.05, 0) is 42.3 Å². The minimum Gasteiger partial charge on any atom is -0.352 e. The highest BCUT2D eigenvalue weighted by atomic mass is 15.2. The molecule has 1 aromatic heterocycles. The molecule has 0 radical (unpaired) electrons. The molecule has 0 aliphatic carbocycles. The molecule has 1 aliphatic rings. The Morgan fingerprint density at radius 3 is 2.89 bits per heavy atom. The van der Waals surface area contributed by atoms with Crippen LogP contribution in [0.25, 0.3) is 0 Å². The number of pyridine rings is 1. The summed E-state index contributed by atoms with van der Waals surface area (Å²) in [6, 6.07) is 13.0. The zero-order chi connectivity index (χ0) is 13.1. The van der Waals surface area contributed by atoms with Gasteiger partial charge in [-0.25, -0.2) is 4.98 Å². The fraction of sp³-hybridized carbons (Fsp3) is 0.312. The molecule has 0 saturated heterocycles. The predicted octanol–water partition coefficient (Wildman–Crippen LogP) is 2.36. The van der Waals surface area contributed by atoms with Gasteiger partial charge in [0.1, 0.15) is 5.82 Å². The normalized spacial score (nSPS) is 14.3. The maximum absolute atomic E-state index is 4.52. The van der Waals surface area contributed by atoms with Gasteiger partial charge in [-0.1, -0.05) is 24.3 Å². The molecule has 0 fully saturated rings. The van der Waals surface area contributed by atoms with Crippen molar-refractivity contribution >= 4 is 5.82 Å². The van der Waals surface area contributed by atoms with E-state index in [4.69, 9.17) is 0 Å². The van der Waals surface area contributed by atoms with Crippen LogP contribution in [0.1, 0.15) is 16.7 Å². The summed E-state index contributed by atoms with van der Waals surface area (Å²) in [5.41, 5.74) is 4.19. The molecule has 1 aromatic carbocycles. The van der Waals surface area contributed by atoms with E-state index in [0.29, 0.717) is 0 Å². The highest BCUT2D eigenvalue weighted by Gasteiger charge is 2.16. The first-order valence-electron chi connectivity index (χ1n) is 6.78. The lowest BCUT2D eigenvalue weighted by atomic mass is 10.00. The van der Waals surface area contributed by atoms with Crippen molar-refractivity contribution in [2.75, 3.05) is 18.5 Å². The monoisotopic (exact) mass is 253 g/mol. The summed E-state index contributed by atoms with van der Waals surface area (Å²) in [5, 5.41) is 3.18. The first kappa shape index (κ1) is 12.2. The second-order valence-corrected chi connectivity index (χ2v) is 4.99. The van der Waals surface area contributed by atoms with Gasteiger partial charge >= 0.3 is 0 Å². The number of aromatic nitrogens is 1. The van der Waals surface area contributed by atoms with Crippen molar-refractivity contribution in [2.45, 2.75) is 19.5 Å². The van der Waals surface area contributed by atoms with Gasteiger partial charge in [0.2, 0.25) is 0 Å². The van der Waals surface area contributed by atoms with Gasteiger partial charge < -0.3 is 10.2 Å². The number of hydrogen-bond donors (Lipinski definition) is 1. The quantitative estimate of drug-likeness (QED) is 0.910. The summed E-state index contributed by atoms with van der Waals surface area (Å²) in [6.07, 6.45) is 3.01. The van der Waals surface area contributed by atoms with Crippen LogP contribution >= 0.6 is 0 Å². The number of benzene rings is 1. The summed E-state index contributed by atoms with van der Waals surface area (Å²) >= 11 is 0. The Labute approximate surface area is 114 Å². The van der Waals surface area contributed by atoms with E-state index in [1.54, 1.807) is 0 Å². The van der Waals surface area contributed by atoms with Crippen LogP contribution in [0.5, 0.6) is 0 Å². The first-order valence-corrected chi connectivity index (χ1v) is 6.78. The van der Waals surface area contributed by atoms with Crippen LogP contribution in [0, 0.1) is 0 Å². The van der Waals surface area contributed by atoms with Crippen LogP contribution in [0.3, 0.4) is 0 Å². The largest absolute Gasteiger partial charge is 0.352 e. The van der Waals surface area contributed by atoms with Crippen molar-refractivity contribution in [1.82, 2.24) is 10.3 Å². The van der Waals surface area contributed by atoms with Crippen LogP contribution in [-0.4, -0.2) is 18.6 Å². The number of anilines is 1. The molecule has 3 rings (SSSR count). The molecule has 0 bridgehead atoms. The number of fused-ring (bicyclic) bond motifs is 1. The van der Waals surface area contributed by atoms with Crippen molar-refractivity contribution in [3.05, 3.63) is 59.3 Å². The number of nitrogens with zero attached hydrogens (tertiary/aromatic N) is 2. The molecule has 1 aliphatic heterocycles. The van der Waals surface area contributed by atoms with Crippen molar-refractivity contribution in [1.29, 1.82) is 0 Å². The van der Waals surface area contributed by atoms with Gasteiger partial charge in [0.15, 0.2) is 0 Å². The Morgan fingerprint density at radius 1 is 1.21 bits per heavy atom. The zero-order valence-electron chi connectivity index (χ0n) is 11.3. The Morgan fingerprint density at radius 2 is 2.05 bits per heavy atom. The molecule has 3 heteroatoms. The molecule has 0 spiro atoms. The van der Waals surface area contributed by atoms with E-state index >= 15 is 0 Å². The average Bonchev–Trinajstić information content (AvgIpc) is 2.47. The summed E-state index contributed by atoms with van der Waals surface area (Å²) in [4.78, 5) is 6.88. The maximum atomic E-state index is 4.52. The third-order valence-corrected chi connectivity index (χ3v) is 3.65. The molecular weight excluding hydrogens is 234 g/mol. The van der Waals surface area contributed by atoms with E-state index in [9.17, 15) is 0 Å². The van der Waals surface area contributed by atoms with Crippen LogP contribution in [0.2, 0.25) is 0 Å². The fourth-order valence-corrected chi connectivity index (χ4v) is 2.64. The summed E-state index contributed by atoms with van der Waals surface area (Å²) in [7, 11) is 1.97. The number of hydrogen-bond acceptors (Lipinski definition) is 3. The lowest BCUT2D eigenvalue weighted by Gasteiger charge is -2.30. The van der Waals surface area contributed by atoms with E-state index in [2.05, 4.69) is 51.6 Å². The third kappa shape index (κ3) is 2.61. The molecule has 2 aromatic rings. The van der Waals surface area contributed by atoms with E-state index in [-0.39, 0.29) is 0 Å². The van der Waals surface area contributed by atoms with Crippen LogP contribution in [0.4, 0.5) is 5.82 Å². The molecule has 98 valence electrons. The zero-order valence-corrected chi connectivity index (χ0v) is 11.3. The predicted molar refractivity (Wildman–Crippen MR) is 78.2 cm³/mol. The lowest BCUT2D eigenvalue weighted by Crippen LogP contribution is -2.31. The fourth-order valence-electron chi connectivity index (χ4n) is 2.64. The van der Waals surface area contributed by atoms with Gasteiger partial charge in [-0.2, -0.15) is 0 Å². The van der Waals surface area contributed by atoms with Gasteiger partial charge in [-0.3, -0.25) is 0 Å². The SMILES string of the molecule is CNCc1ccnc(N2CCc3ccccc3C2)c1. The van der Waals surface area contributed by atoms with Crippen LogP contribution < -0.4 is 10.2 Å². The molecule has 1 N–H and O–H groups in total. The summed E-state index contributed by atoms with van der Waals surface area (Å²) in [6.45, 7) is 2.90. The third-order valence-electron chi connectivity index (χ3n) is 3.65. The second-order valence-electron chi connectivity index (χ2n) is 4.99. The minimum atomic E-state index is 0.889. The van der Waals surface area contributed by atoms with Crippen LogP contribution in [-0.2, 0) is 19.5 Å².